The number of carbonyl (C=O) groups is 1. The zero-order valence-corrected chi connectivity index (χ0v) is 19.1. The number of carbonyl (C=O) groups excluding carboxylic acids is 1. The number of aromatic nitrogens is 2. The van der Waals surface area contributed by atoms with Crippen LogP contribution in [0.5, 0.6) is 0 Å². The van der Waals surface area contributed by atoms with E-state index in [2.05, 4.69) is 30.6 Å². The maximum atomic E-state index is 12.2. The summed E-state index contributed by atoms with van der Waals surface area (Å²) in [6.45, 7) is 1.15. The molecule has 11 heteroatoms. The third-order valence-electron chi connectivity index (χ3n) is 4.58. The first-order valence-corrected chi connectivity index (χ1v) is 11.7. The van der Waals surface area contributed by atoms with Crippen LogP contribution >= 0.6 is 0 Å². The van der Waals surface area contributed by atoms with E-state index >= 15 is 0 Å². The lowest BCUT2D eigenvalue weighted by Gasteiger charge is -2.10. The van der Waals surface area contributed by atoms with Crippen molar-refractivity contribution in [3.05, 3.63) is 66.5 Å². The summed E-state index contributed by atoms with van der Waals surface area (Å²) in [4.78, 5) is 20.7. The summed E-state index contributed by atoms with van der Waals surface area (Å²) in [5.74, 6) is 0.871. The van der Waals surface area contributed by atoms with Crippen molar-refractivity contribution in [2.24, 2.45) is 0 Å². The molecule has 0 saturated carbocycles. The van der Waals surface area contributed by atoms with E-state index in [4.69, 9.17) is 4.74 Å². The number of hydrogen-bond acceptors (Lipinski definition) is 8. The molecule has 0 aliphatic heterocycles. The molecule has 4 N–H and O–H groups in total. The van der Waals surface area contributed by atoms with Crippen LogP contribution in [-0.2, 0) is 14.8 Å². The summed E-state index contributed by atoms with van der Waals surface area (Å²) in [5.41, 5.74) is 1.87. The smallest absolute Gasteiger partial charge is 0.251 e. The summed E-state index contributed by atoms with van der Waals surface area (Å²) in [6.07, 6.45) is 2.14. The van der Waals surface area contributed by atoms with Gasteiger partial charge in [-0.2, -0.15) is 0 Å². The Morgan fingerprint density at radius 3 is 2.33 bits per heavy atom. The van der Waals surface area contributed by atoms with Crippen molar-refractivity contribution in [2.75, 3.05) is 37.9 Å². The lowest BCUT2D eigenvalue weighted by atomic mass is 10.2. The van der Waals surface area contributed by atoms with Gasteiger partial charge in [-0.1, -0.05) is 6.07 Å². The van der Waals surface area contributed by atoms with E-state index in [1.165, 1.54) is 25.5 Å². The molecule has 0 aliphatic carbocycles. The number of rotatable bonds is 11. The van der Waals surface area contributed by atoms with Gasteiger partial charge in [-0.3, -0.25) is 4.79 Å². The van der Waals surface area contributed by atoms with Crippen LogP contribution in [0.15, 0.2) is 65.8 Å². The maximum absolute atomic E-state index is 12.2. The topological polar surface area (TPSA) is 134 Å². The molecule has 33 heavy (non-hydrogen) atoms. The quantitative estimate of drug-likeness (QED) is 0.314. The Balaban J connectivity index is 1.64. The minimum absolute atomic E-state index is 0.144. The number of nitrogens with zero attached hydrogens (tertiary/aromatic N) is 2. The van der Waals surface area contributed by atoms with E-state index in [9.17, 15) is 13.2 Å². The standard InChI is InChI=1S/C22H26N6O4S/c1-23-33(30,31)19-6-3-5-18(13-19)28-21-14-20(25-15-26-21)27-17-9-7-16(8-10-17)22(29)24-11-4-12-32-2/h3,5-10,13-15,23H,4,11-12H2,1-2H3,(H,24,29)(H2,25,26,27,28). The molecule has 0 unspecified atom stereocenters. The van der Waals surface area contributed by atoms with Crippen molar-refractivity contribution in [3.8, 4) is 0 Å². The Kier molecular flexibility index (Phi) is 8.30. The van der Waals surface area contributed by atoms with Gasteiger partial charge in [-0.05, 0) is 55.9 Å². The number of nitrogens with one attached hydrogen (secondary N) is 4. The Morgan fingerprint density at radius 1 is 0.970 bits per heavy atom. The molecule has 1 amide bonds. The second-order valence-electron chi connectivity index (χ2n) is 6.95. The molecule has 0 fully saturated rings. The molecule has 3 aromatic rings. The third kappa shape index (κ3) is 6.97. The van der Waals surface area contributed by atoms with Crippen LogP contribution in [0, 0.1) is 0 Å². The van der Waals surface area contributed by atoms with Crippen LogP contribution in [0.4, 0.5) is 23.0 Å². The number of ether oxygens (including phenoxy) is 1. The number of methoxy groups -OCH3 is 1. The van der Waals surface area contributed by atoms with Crippen LogP contribution in [-0.4, -0.2) is 51.6 Å². The zero-order chi connectivity index (χ0) is 23.7. The van der Waals surface area contributed by atoms with Gasteiger partial charge in [0.25, 0.3) is 5.91 Å². The van der Waals surface area contributed by atoms with Crippen LogP contribution < -0.4 is 20.7 Å². The number of anilines is 4. The molecule has 0 spiro atoms. The Morgan fingerprint density at radius 2 is 1.67 bits per heavy atom. The molecule has 10 nitrogen and oxygen atoms in total. The van der Waals surface area contributed by atoms with Crippen LogP contribution in [0.1, 0.15) is 16.8 Å². The Bertz CT molecular complexity index is 1190. The summed E-state index contributed by atoms with van der Waals surface area (Å²) in [6, 6.07) is 15.1. The van der Waals surface area contributed by atoms with E-state index < -0.39 is 10.0 Å². The predicted octanol–water partition coefficient (Wildman–Crippen LogP) is 2.64. The largest absolute Gasteiger partial charge is 0.385 e. The van der Waals surface area contributed by atoms with Gasteiger partial charge in [0.05, 0.1) is 4.90 Å². The fraction of sp³-hybridized carbons (Fsp3) is 0.227. The van der Waals surface area contributed by atoms with Gasteiger partial charge in [0.15, 0.2) is 0 Å². The lowest BCUT2D eigenvalue weighted by molar-refractivity contribution is 0.0948. The van der Waals surface area contributed by atoms with Gasteiger partial charge in [0, 0.05) is 43.3 Å². The first kappa shape index (κ1) is 24.1. The van der Waals surface area contributed by atoms with E-state index in [1.807, 2.05) is 0 Å². The van der Waals surface area contributed by atoms with Gasteiger partial charge in [0.1, 0.15) is 18.0 Å². The molecule has 0 atom stereocenters. The van der Waals surface area contributed by atoms with E-state index in [0.717, 1.165) is 12.1 Å². The van der Waals surface area contributed by atoms with Crippen molar-refractivity contribution in [3.63, 3.8) is 0 Å². The highest BCUT2D eigenvalue weighted by molar-refractivity contribution is 7.89. The Labute approximate surface area is 192 Å². The van der Waals surface area contributed by atoms with Gasteiger partial charge in [0.2, 0.25) is 10.0 Å². The highest BCUT2D eigenvalue weighted by Gasteiger charge is 2.12. The molecule has 3 rings (SSSR count). The zero-order valence-electron chi connectivity index (χ0n) is 18.3. The van der Waals surface area contributed by atoms with Crippen molar-refractivity contribution < 1.29 is 17.9 Å². The van der Waals surface area contributed by atoms with Gasteiger partial charge in [-0.15, -0.1) is 0 Å². The summed E-state index contributed by atoms with van der Waals surface area (Å²) in [5, 5.41) is 9.07. The fourth-order valence-corrected chi connectivity index (χ4v) is 3.65. The van der Waals surface area contributed by atoms with E-state index in [1.54, 1.807) is 49.6 Å². The molecule has 0 aliphatic rings. The van der Waals surface area contributed by atoms with E-state index in [0.29, 0.717) is 36.0 Å². The molecule has 1 aromatic heterocycles. The molecular formula is C22H26N6O4S. The number of benzene rings is 2. The number of hydrogen-bond donors (Lipinski definition) is 4. The summed E-state index contributed by atoms with van der Waals surface area (Å²) in [7, 11) is -0.563. The third-order valence-corrected chi connectivity index (χ3v) is 5.99. The molecule has 174 valence electrons. The van der Waals surface area contributed by atoms with Crippen LogP contribution in [0.25, 0.3) is 0 Å². The van der Waals surface area contributed by atoms with Gasteiger partial charge < -0.3 is 20.7 Å². The highest BCUT2D eigenvalue weighted by atomic mass is 32.2. The molecular weight excluding hydrogens is 444 g/mol. The molecule has 0 saturated heterocycles. The maximum Gasteiger partial charge on any atom is 0.251 e. The minimum atomic E-state index is -3.55. The SMILES string of the molecule is CNS(=O)(=O)c1cccc(Nc2cc(Nc3ccc(C(=O)NCCCOC)cc3)ncn2)c1. The van der Waals surface area contributed by atoms with Gasteiger partial charge >= 0.3 is 0 Å². The lowest BCUT2D eigenvalue weighted by Crippen LogP contribution is -2.25. The summed E-state index contributed by atoms with van der Waals surface area (Å²) < 4.78 is 31.3. The average Bonchev–Trinajstić information content (AvgIpc) is 2.82. The first-order chi connectivity index (χ1) is 15.9. The molecule has 2 aromatic carbocycles. The second-order valence-corrected chi connectivity index (χ2v) is 8.84. The number of amides is 1. The Hall–Kier alpha value is -3.54. The van der Waals surface area contributed by atoms with Crippen LogP contribution in [0.2, 0.25) is 0 Å². The monoisotopic (exact) mass is 470 g/mol. The van der Waals surface area contributed by atoms with Gasteiger partial charge in [-0.25, -0.2) is 23.1 Å². The second kappa shape index (κ2) is 11.4. The molecule has 1 heterocycles. The highest BCUT2D eigenvalue weighted by Crippen LogP contribution is 2.21. The van der Waals surface area contributed by atoms with Crippen molar-refractivity contribution in [2.45, 2.75) is 11.3 Å². The van der Waals surface area contributed by atoms with Crippen molar-refractivity contribution >= 4 is 38.9 Å². The molecule has 0 bridgehead atoms. The fourth-order valence-electron chi connectivity index (χ4n) is 2.87. The molecule has 0 radical (unpaired) electrons. The normalized spacial score (nSPS) is 11.1. The average molecular weight is 471 g/mol. The van der Waals surface area contributed by atoms with Crippen LogP contribution in [0.3, 0.4) is 0 Å². The van der Waals surface area contributed by atoms with E-state index in [-0.39, 0.29) is 10.8 Å². The van der Waals surface area contributed by atoms with Crippen molar-refractivity contribution in [1.82, 2.24) is 20.0 Å². The van der Waals surface area contributed by atoms with Crippen molar-refractivity contribution in [1.29, 1.82) is 0 Å². The minimum Gasteiger partial charge on any atom is -0.385 e. The first-order valence-electron chi connectivity index (χ1n) is 10.2. The number of sulfonamides is 1. The summed E-state index contributed by atoms with van der Waals surface area (Å²) >= 11 is 0. The predicted molar refractivity (Wildman–Crippen MR) is 127 cm³/mol.